The molecule has 2 rings (SSSR count). The van der Waals surface area contributed by atoms with Crippen LogP contribution < -0.4 is 0 Å². The lowest BCUT2D eigenvalue weighted by molar-refractivity contribution is -0.142. The summed E-state index contributed by atoms with van der Waals surface area (Å²) in [4.78, 5) is 24.4. The molecule has 12 heteroatoms. The lowest BCUT2D eigenvalue weighted by Crippen LogP contribution is -2.16. The molecule has 0 amide bonds. The first-order chi connectivity index (χ1) is 11.5. The predicted molar refractivity (Wildman–Crippen MR) is 102 cm³/mol. The Morgan fingerprint density at radius 2 is 1.64 bits per heavy atom. The number of esters is 1. The fraction of sp³-hybridized carbons (Fsp3) is 0.385. The van der Waals surface area contributed by atoms with Gasteiger partial charge in [-0.25, -0.2) is 15.0 Å². The fourth-order valence-electron chi connectivity index (χ4n) is 1.70. The van der Waals surface area contributed by atoms with E-state index in [0.717, 1.165) is 4.88 Å². The lowest BCUT2D eigenvalue weighted by Gasteiger charge is -2.15. The van der Waals surface area contributed by atoms with Gasteiger partial charge in [-0.3, -0.25) is 4.79 Å². The van der Waals surface area contributed by atoms with Crippen molar-refractivity contribution in [3.05, 3.63) is 28.0 Å². The molecule has 2 aromatic rings. The summed E-state index contributed by atoms with van der Waals surface area (Å²) >= 11 is 36.4. The quantitative estimate of drug-likeness (QED) is 0.432. The second-order valence-corrected chi connectivity index (χ2v) is 10.1. The van der Waals surface area contributed by atoms with Gasteiger partial charge in [0.25, 0.3) is 0 Å². The molecule has 0 saturated heterocycles. The Labute approximate surface area is 177 Å². The van der Waals surface area contributed by atoms with Crippen LogP contribution in [0.15, 0.2) is 11.4 Å². The summed E-state index contributed by atoms with van der Waals surface area (Å²) in [6.45, 7) is 2.04. The number of carbonyl (C=O) groups excluding carboxylic acids is 1. The second kappa shape index (κ2) is 8.30. The number of hydrogen-bond acceptors (Lipinski definition) is 6. The topological polar surface area (TPSA) is 65.0 Å². The van der Waals surface area contributed by atoms with Crippen molar-refractivity contribution < 1.29 is 9.53 Å². The fourth-order valence-corrected chi connectivity index (χ4v) is 3.06. The van der Waals surface area contributed by atoms with Crippen molar-refractivity contribution in [2.45, 2.75) is 20.9 Å². The third-order valence-corrected chi connectivity index (χ3v) is 4.63. The molecule has 2 aromatic heterocycles. The third-order valence-electron chi connectivity index (χ3n) is 2.68. The average Bonchev–Trinajstić information content (AvgIpc) is 2.93. The Morgan fingerprint density at radius 1 is 1.08 bits per heavy atom. The summed E-state index contributed by atoms with van der Waals surface area (Å²) in [6.07, 6.45) is 0.123. The van der Waals surface area contributed by atoms with Gasteiger partial charge in [-0.2, -0.15) is 0 Å². The summed E-state index contributed by atoms with van der Waals surface area (Å²) in [5, 5.41) is 1.73. The molecule has 0 aliphatic rings. The molecule has 25 heavy (non-hydrogen) atoms. The van der Waals surface area contributed by atoms with E-state index in [1.165, 1.54) is 11.3 Å². The Hall–Kier alpha value is -0.0800. The summed E-state index contributed by atoms with van der Waals surface area (Å²) in [7, 11) is 0. The maximum atomic E-state index is 11.6. The molecular formula is C13H9Cl6N3O2S. The van der Waals surface area contributed by atoms with E-state index in [1.807, 2.05) is 0 Å². The SMILES string of the molecule is CCOC(=O)Cc1cc(-c2nc(C(Cl)(Cl)Cl)nc(C(Cl)(Cl)Cl)n2)cs1. The van der Waals surface area contributed by atoms with E-state index < -0.39 is 7.59 Å². The van der Waals surface area contributed by atoms with Crippen molar-refractivity contribution >= 4 is 86.9 Å². The lowest BCUT2D eigenvalue weighted by atomic mass is 10.2. The van der Waals surface area contributed by atoms with Gasteiger partial charge in [0.1, 0.15) is 0 Å². The number of alkyl halides is 6. The molecule has 0 aliphatic heterocycles. The summed E-state index contributed by atoms with van der Waals surface area (Å²) in [5.41, 5.74) is 0.567. The highest BCUT2D eigenvalue weighted by molar-refractivity contribution is 7.10. The molecule has 0 fully saturated rings. The molecule has 0 aromatic carbocycles. The van der Waals surface area contributed by atoms with E-state index in [9.17, 15) is 4.79 Å². The molecular weight excluding hydrogens is 475 g/mol. The number of aromatic nitrogens is 3. The van der Waals surface area contributed by atoms with E-state index in [0.29, 0.717) is 12.2 Å². The molecule has 0 unspecified atom stereocenters. The van der Waals surface area contributed by atoms with Crippen molar-refractivity contribution in [3.8, 4) is 11.4 Å². The van der Waals surface area contributed by atoms with Gasteiger partial charge in [0, 0.05) is 15.8 Å². The normalized spacial score (nSPS) is 12.3. The van der Waals surface area contributed by atoms with Gasteiger partial charge in [0.05, 0.1) is 13.0 Å². The van der Waals surface area contributed by atoms with Crippen LogP contribution >= 0.6 is 80.9 Å². The van der Waals surface area contributed by atoms with Gasteiger partial charge in [0.15, 0.2) is 17.5 Å². The highest BCUT2D eigenvalue weighted by Gasteiger charge is 2.34. The van der Waals surface area contributed by atoms with E-state index >= 15 is 0 Å². The number of rotatable bonds is 4. The molecule has 0 saturated carbocycles. The monoisotopic (exact) mass is 481 g/mol. The van der Waals surface area contributed by atoms with Crippen molar-refractivity contribution in [1.29, 1.82) is 0 Å². The van der Waals surface area contributed by atoms with Crippen LogP contribution in [0.5, 0.6) is 0 Å². The number of halogens is 6. The van der Waals surface area contributed by atoms with Crippen LogP contribution in [-0.4, -0.2) is 27.5 Å². The van der Waals surface area contributed by atoms with Crippen LogP contribution in [0, 0.1) is 0 Å². The van der Waals surface area contributed by atoms with E-state index in [4.69, 9.17) is 74.3 Å². The first-order valence-corrected chi connectivity index (χ1v) is 9.79. The minimum absolute atomic E-state index is 0.123. The summed E-state index contributed by atoms with van der Waals surface area (Å²) in [5.74, 6) is -0.538. The van der Waals surface area contributed by atoms with Crippen LogP contribution in [-0.2, 0) is 23.5 Å². The molecule has 0 bridgehead atoms. The van der Waals surface area contributed by atoms with Crippen LogP contribution in [0.3, 0.4) is 0 Å². The highest BCUT2D eigenvalue weighted by atomic mass is 35.6. The van der Waals surface area contributed by atoms with Gasteiger partial charge in [0.2, 0.25) is 7.59 Å². The van der Waals surface area contributed by atoms with Gasteiger partial charge in [-0.15, -0.1) is 11.3 Å². The summed E-state index contributed by atoms with van der Waals surface area (Å²) in [6, 6.07) is 1.71. The number of ether oxygens (including phenoxy) is 1. The molecule has 0 aliphatic carbocycles. The molecule has 2 heterocycles. The Morgan fingerprint density at radius 3 is 2.12 bits per heavy atom. The minimum Gasteiger partial charge on any atom is -0.466 e. The Kier molecular flexibility index (Phi) is 7.04. The Balaban J connectivity index is 2.42. The smallest absolute Gasteiger partial charge is 0.311 e. The molecule has 5 nitrogen and oxygen atoms in total. The van der Waals surface area contributed by atoms with Gasteiger partial charge in [-0.05, 0) is 13.0 Å². The van der Waals surface area contributed by atoms with Crippen molar-refractivity contribution in [1.82, 2.24) is 15.0 Å². The van der Waals surface area contributed by atoms with Gasteiger partial charge >= 0.3 is 5.97 Å². The van der Waals surface area contributed by atoms with Crippen molar-refractivity contribution in [2.75, 3.05) is 6.61 Å². The molecule has 0 spiro atoms. The minimum atomic E-state index is -1.92. The second-order valence-electron chi connectivity index (χ2n) is 4.59. The average molecular weight is 484 g/mol. The zero-order valence-electron chi connectivity index (χ0n) is 12.4. The standard InChI is InChI=1S/C13H9Cl6N3O2S/c1-2-24-8(23)4-7-3-6(5-25-7)9-20-10(12(14,15)16)22-11(21-9)13(17,18)19/h3,5H,2,4H2,1H3. The van der Waals surface area contributed by atoms with Crippen LogP contribution in [0.25, 0.3) is 11.4 Å². The van der Waals surface area contributed by atoms with Crippen LogP contribution in [0.2, 0.25) is 0 Å². The molecule has 0 atom stereocenters. The molecule has 136 valence electrons. The zero-order chi connectivity index (χ0) is 18.8. The first-order valence-electron chi connectivity index (χ1n) is 6.64. The van der Waals surface area contributed by atoms with Gasteiger partial charge < -0.3 is 4.74 Å². The van der Waals surface area contributed by atoms with Crippen LogP contribution in [0.4, 0.5) is 0 Å². The molecule has 0 radical (unpaired) electrons. The maximum absolute atomic E-state index is 11.6. The van der Waals surface area contributed by atoms with E-state index in [2.05, 4.69) is 15.0 Å². The van der Waals surface area contributed by atoms with E-state index in [-0.39, 0.29) is 29.9 Å². The highest BCUT2D eigenvalue weighted by Crippen LogP contribution is 2.41. The number of nitrogens with zero attached hydrogens (tertiary/aromatic N) is 3. The first kappa shape index (κ1) is 21.2. The van der Waals surface area contributed by atoms with Crippen molar-refractivity contribution in [3.63, 3.8) is 0 Å². The van der Waals surface area contributed by atoms with Crippen molar-refractivity contribution in [2.24, 2.45) is 0 Å². The molecule has 0 N–H and O–H groups in total. The van der Waals surface area contributed by atoms with E-state index in [1.54, 1.807) is 18.4 Å². The zero-order valence-corrected chi connectivity index (χ0v) is 17.8. The van der Waals surface area contributed by atoms with Crippen LogP contribution in [0.1, 0.15) is 23.4 Å². The summed E-state index contributed by atoms with van der Waals surface area (Å²) < 4.78 is 1.06. The number of thiophene rings is 1. The number of hydrogen-bond donors (Lipinski definition) is 0. The van der Waals surface area contributed by atoms with Gasteiger partial charge in [-0.1, -0.05) is 69.6 Å². The Bertz CT molecular complexity index is 740. The predicted octanol–water partition coefficient (Wildman–Crippen LogP) is 5.36. The maximum Gasteiger partial charge on any atom is 0.311 e. The third kappa shape index (κ3) is 5.96. The largest absolute Gasteiger partial charge is 0.466 e. The number of carbonyl (C=O) groups is 1.